The highest BCUT2D eigenvalue weighted by molar-refractivity contribution is 5.98. The number of hydrogen-bond acceptors (Lipinski definition) is 10. The summed E-state index contributed by atoms with van der Waals surface area (Å²) in [7, 11) is 0. The van der Waals surface area contributed by atoms with E-state index >= 15 is 0 Å². The fraction of sp³-hybridized carbons (Fsp3) is 0.351. The van der Waals surface area contributed by atoms with E-state index in [-0.39, 0.29) is 29.6 Å². The summed E-state index contributed by atoms with van der Waals surface area (Å²) in [5.41, 5.74) is 15.9. The van der Waals surface area contributed by atoms with E-state index in [2.05, 4.69) is 86.0 Å². The molecule has 0 aliphatic heterocycles. The molecule has 3 amide bonds. The van der Waals surface area contributed by atoms with Crippen LogP contribution in [0, 0.1) is 0 Å². The number of aromatic nitrogens is 4. The largest absolute Gasteiger partial charge is 0.494 e. The molecule has 460 valence electrons. The molecule has 5 N–H and O–H groups in total. The zero-order valence-electron chi connectivity index (χ0n) is 52.5. The van der Waals surface area contributed by atoms with E-state index in [1.807, 2.05) is 134 Å². The third-order valence-corrected chi connectivity index (χ3v) is 15.3. The lowest BCUT2D eigenvalue weighted by Crippen LogP contribution is -2.45. The first-order chi connectivity index (χ1) is 42.3. The van der Waals surface area contributed by atoms with Gasteiger partial charge in [0.25, 0.3) is 11.8 Å². The van der Waals surface area contributed by atoms with E-state index < -0.39 is 29.9 Å². The van der Waals surface area contributed by atoms with Gasteiger partial charge in [0.1, 0.15) is 23.6 Å². The quantitative estimate of drug-likeness (QED) is 0.0339. The van der Waals surface area contributed by atoms with Crippen molar-refractivity contribution in [1.82, 2.24) is 30.6 Å². The number of primary amides is 1. The fourth-order valence-corrected chi connectivity index (χ4v) is 9.73. The molecule has 0 aliphatic carbocycles. The van der Waals surface area contributed by atoms with Crippen molar-refractivity contribution >= 4 is 23.7 Å². The van der Waals surface area contributed by atoms with Gasteiger partial charge in [0.05, 0.1) is 13.2 Å². The smallest absolute Gasteiger partial charge is 0.326 e. The number of nitrogens with zero attached hydrogens (tertiary/aromatic N) is 4. The minimum atomic E-state index is -1.09. The average Bonchev–Trinajstić information content (AvgIpc) is 3.68. The molecule has 0 bridgehead atoms. The van der Waals surface area contributed by atoms with Gasteiger partial charge in [0.2, 0.25) is 5.91 Å². The fourth-order valence-electron chi connectivity index (χ4n) is 9.73. The molecule has 14 nitrogen and oxygen atoms in total. The molecule has 2 aromatic heterocycles. The topological polar surface area (TPSA) is 209 Å². The number of carboxylic acid groups (broad SMARTS) is 1. The third kappa shape index (κ3) is 20.6. The predicted octanol–water partition coefficient (Wildman–Crippen LogP) is 15.2. The SMILES string of the molecule is CCCCCCCOc1ccc(-c2cnc(-c3ccc(C[C@H](NC(=O)c4ccc(C(C)(C)C)cc4)C(=O)O)cc3)nc2)cc1.CCCCCCCOc1ccc(-c2cnc(-c3ccc(C[C@H](NC(=O)c4ccc(C(C)(C)C)cc4)C(N)=O)cc3)nc2)cc1. The Balaban J connectivity index is 0.000000251. The van der Waals surface area contributed by atoms with Crippen molar-refractivity contribution in [2.24, 2.45) is 5.73 Å². The van der Waals surface area contributed by atoms with Crippen LogP contribution in [-0.2, 0) is 33.3 Å². The van der Waals surface area contributed by atoms with Gasteiger partial charge in [-0.15, -0.1) is 0 Å². The van der Waals surface area contributed by atoms with Gasteiger partial charge in [-0.05, 0) is 106 Å². The highest BCUT2D eigenvalue weighted by atomic mass is 16.5. The highest BCUT2D eigenvalue weighted by Crippen LogP contribution is 2.28. The van der Waals surface area contributed by atoms with Crippen LogP contribution in [0.2, 0.25) is 0 Å². The molecular weight excluding hydrogens is 1100 g/mol. The third-order valence-electron chi connectivity index (χ3n) is 15.3. The Kier molecular flexibility index (Phi) is 24.7. The normalized spacial score (nSPS) is 12.0. The number of unbranched alkanes of at least 4 members (excludes halogenated alkanes) is 8. The van der Waals surface area contributed by atoms with Crippen molar-refractivity contribution in [1.29, 1.82) is 0 Å². The molecule has 0 saturated heterocycles. The maximum absolute atomic E-state index is 12.8. The first kappa shape index (κ1) is 66.5. The summed E-state index contributed by atoms with van der Waals surface area (Å²) < 4.78 is 11.7. The number of aliphatic carboxylic acids is 1. The van der Waals surface area contributed by atoms with Crippen LogP contribution >= 0.6 is 0 Å². The molecule has 0 spiro atoms. The number of nitrogens with one attached hydrogen (secondary N) is 2. The first-order valence-electron chi connectivity index (χ1n) is 30.9. The van der Waals surface area contributed by atoms with Crippen molar-refractivity contribution in [3.05, 3.63) is 204 Å². The molecule has 8 aromatic rings. The highest BCUT2D eigenvalue weighted by Gasteiger charge is 2.24. The summed E-state index contributed by atoms with van der Waals surface area (Å²) in [5.74, 6) is 0.481. The van der Waals surface area contributed by atoms with E-state index in [1.165, 1.54) is 51.4 Å². The molecule has 0 aliphatic rings. The van der Waals surface area contributed by atoms with Crippen LogP contribution in [-0.4, -0.2) is 74.0 Å². The molecular formula is C74H87N7O7. The Hall–Kier alpha value is -9.04. The Morgan fingerprint density at radius 3 is 1.09 bits per heavy atom. The zero-order chi connectivity index (χ0) is 63.1. The summed E-state index contributed by atoms with van der Waals surface area (Å²) in [6.45, 7) is 18.6. The maximum Gasteiger partial charge on any atom is 0.326 e. The van der Waals surface area contributed by atoms with Crippen LogP contribution in [0.15, 0.2) is 170 Å². The number of amides is 3. The molecule has 0 saturated carbocycles. The lowest BCUT2D eigenvalue weighted by atomic mass is 9.86. The van der Waals surface area contributed by atoms with Gasteiger partial charge in [-0.3, -0.25) is 14.4 Å². The van der Waals surface area contributed by atoms with Crippen LogP contribution in [0.4, 0.5) is 0 Å². The van der Waals surface area contributed by atoms with Crippen LogP contribution in [0.1, 0.15) is 163 Å². The summed E-state index contributed by atoms with van der Waals surface area (Å²) in [4.78, 5) is 68.0. The number of hydrogen-bond donors (Lipinski definition) is 4. The summed E-state index contributed by atoms with van der Waals surface area (Å²) in [6, 6.07) is 43.8. The summed E-state index contributed by atoms with van der Waals surface area (Å²) in [6.07, 6.45) is 19.8. The number of carboxylic acids is 1. The van der Waals surface area contributed by atoms with Gasteiger partial charge >= 0.3 is 5.97 Å². The Bertz CT molecular complexity index is 3220. The summed E-state index contributed by atoms with van der Waals surface area (Å²) >= 11 is 0. The Morgan fingerprint density at radius 1 is 0.432 bits per heavy atom. The van der Waals surface area contributed by atoms with Crippen molar-refractivity contribution in [2.45, 2.75) is 155 Å². The maximum atomic E-state index is 12.8. The predicted molar refractivity (Wildman–Crippen MR) is 351 cm³/mol. The van der Waals surface area contributed by atoms with E-state index in [9.17, 15) is 24.3 Å². The van der Waals surface area contributed by atoms with E-state index in [4.69, 9.17) is 15.2 Å². The van der Waals surface area contributed by atoms with Crippen LogP contribution in [0.25, 0.3) is 45.0 Å². The monoisotopic (exact) mass is 1190 g/mol. The van der Waals surface area contributed by atoms with E-state index in [0.29, 0.717) is 22.8 Å². The lowest BCUT2D eigenvalue weighted by Gasteiger charge is -2.19. The van der Waals surface area contributed by atoms with Crippen LogP contribution in [0.5, 0.6) is 11.5 Å². The molecule has 2 atom stereocenters. The second-order valence-corrected chi connectivity index (χ2v) is 24.4. The lowest BCUT2D eigenvalue weighted by molar-refractivity contribution is -0.139. The molecule has 0 fully saturated rings. The van der Waals surface area contributed by atoms with Crippen LogP contribution in [0.3, 0.4) is 0 Å². The standard InChI is InChI=1S/C37H44N4O3.C37H43N3O4/c1-5-6-7-8-9-22-44-32-20-16-27(17-21-32)30-24-39-35(40-25-30)28-12-10-26(11-13-28)23-33(34(38)42)41-36(43)29-14-18-31(19-15-29)37(2,3)4;1-5-6-7-8-9-22-44-32-20-16-27(17-21-32)30-24-38-34(39-25-30)28-12-10-26(11-13-28)23-33(36(42)43)40-35(41)29-14-18-31(19-15-29)37(2,3)4/h10-21,24-25,33H,5-9,22-23H2,1-4H3,(H2,38,42)(H,41,43);10-21,24-25,33H,5-9,22-23H2,1-4H3,(H,40,41)(H,42,43)/t2*33-/m00/s1. The number of carbonyl (C=O) groups is 4. The first-order valence-corrected chi connectivity index (χ1v) is 30.9. The van der Waals surface area contributed by atoms with Crippen LogP contribution < -0.4 is 25.8 Å². The molecule has 0 radical (unpaired) electrons. The van der Waals surface area contributed by atoms with Gasteiger partial charge in [-0.25, -0.2) is 24.7 Å². The van der Waals surface area contributed by atoms with Gasteiger partial charge < -0.3 is 30.9 Å². The molecule has 2 heterocycles. The van der Waals surface area contributed by atoms with Gasteiger partial charge in [0, 0.05) is 71.0 Å². The number of benzene rings is 6. The number of ether oxygens (including phenoxy) is 2. The molecule has 14 heteroatoms. The minimum Gasteiger partial charge on any atom is -0.494 e. The van der Waals surface area contributed by atoms with Gasteiger partial charge in [-0.1, -0.05) is 204 Å². The second kappa shape index (κ2) is 32.6. The molecule has 88 heavy (non-hydrogen) atoms. The van der Waals surface area contributed by atoms with Gasteiger partial charge in [0.15, 0.2) is 11.6 Å². The number of nitrogens with two attached hydrogens (primary N) is 1. The van der Waals surface area contributed by atoms with E-state index in [1.54, 1.807) is 36.7 Å². The van der Waals surface area contributed by atoms with E-state index in [0.717, 1.165) is 93.2 Å². The van der Waals surface area contributed by atoms with Crippen molar-refractivity contribution in [3.8, 4) is 56.5 Å². The average molecular weight is 1190 g/mol. The Morgan fingerprint density at radius 2 is 0.761 bits per heavy atom. The van der Waals surface area contributed by atoms with Crippen molar-refractivity contribution in [3.63, 3.8) is 0 Å². The second-order valence-electron chi connectivity index (χ2n) is 24.4. The molecule has 8 rings (SSSR count). The number of carbonyl (C=O) groups excluding carboxylic acids is 3. The minimum absolute atomic E-state index is 0.0152. The van der Waals surface area contributed by atoms with Crippen molar-refractivity contribution in [2.75, 3.05) is 13.2 Å². The molecule has 0 unspecified atom stereocenters. The Labute approximate surface area is 520 Å². The van der Waals surface area contributed by atoms with Crippen molar-refractivity contribution < 1.29 is 33.8 Å². The summed E-state index contributed by atoms with van der Waals surface area (Å²) in [5, 5.41) is 15.2. The zero-order valence-corrected chi connectivity index (χ0v) is 52.5. The molecule has 6 aromatic carbocycles. The van der Waals surface area contributed by atoms with Gasteiger partial charge in [-0.2, -0.15) is 0 Å². The number of rotatable bonds is 28.